The fourth-order valence-electron chi connectivity index (χ4n) is 2.40. The maximum absolute atomic E-state index is 5.97. The molecule has 3 heterocycles. The van der Waals surface area contributed by atoms with Crippen molar-refractivity contribution >= 4 is 8.80 Å². The topological polar surface area (TPSA) is 43.0 Å². The van der Waals surface area contributed by atoms with E-state index in [1.165, 1.54) is 6.42 Å². The van der Waals surface area contributed by atoms with Crippen LogP contribution in [-0.4, -0.2) is 66.2 Å². The van der Waals surface area contributed by atoms with Crippen LogP contribution in [0.25, 0.3) is 0 Å². The van der Waals surface area contributed by atoms with E-state index in [1.807, 2.05) is 0 Å². The second kappa shape index (κ2) is 7.57. The number of fused-ring (bicyclic) bond motifs is 6. The van der Waals surface area contributed by atoms with Crippen LogP contribution in [0.15, 0.2) is 0 Å². The maximum Gasteiger partial charge on any atom is 0.501 e. The summed E-state index contributed by atoms with van der Waals surface area (Å²) in [5.74, 6) is 0. The Morgan fingerprint density at radius 1 is 1.00 bits per heavy atom. The highest BCUT2D eigenvalue weighted by atomic mass is 28.4. The summed E-state index contributed by atoms with van der Waals surface area (Å²) in [6.45, 7) is 9.65. The van der Waals surface area contributed by atoms with Crippen molar-refractivity contribution in [2.75, 3.05) is 52.5 Å². The van der Waals surface area contributed by atoms with E-state index in [1.54, 1.807) is 0 Å². The average Bonchev–Trinajstić information content (AvgIpc) is 2.29. The second-order valence-electron chi connectivity index (χ2n) is 4.92. The monoisotopic (exact) mass is 274 g/mol. The van der Waals surface area contributed by atoms with Crippen LogP contribution in [0, 0.1) is 0 Å². The van der Waals surface area contributed by atoms with Crippen molar-refractivity contribution in [1.82, 2.24) is 10.2 Å². The van der Waals surface area contributed by atoms with Crippen molar-refractivity contribution in [3.05, 3.63) is 0 Å². The molecule has 1 N–H and O–H groups in total. The molecule has 0 aromatic rings. The van der Waals surface area contributed by atoms with E-state index in [9.17, 15) is 0 Å². The van der Waals surface area contributed by atoms with E-state index in [0.717, 1.165) is 65.0 Å². The SMILES string of the molecule is CCCNCCC[Si]12OCCN(CCO1)CCO2. The van der Waals surface area contributed by atoms with Crippen molar-refractivity contribution in [2.24, 2.45) is 0 Å². The van der Waals surface area contributed by atoms with Gasteiger partial charge in [-0.2, -0.15) is 0 Å². The molecule has 0 saturated carbocycles. The van der Waals surface area contributed by atoms with Gasteiger partial charge in [0.15, 0.2) is 0 Å². The summed E-state index contributed by atoms with van der Waals surface area (Å²) in [6.07, 6.45) is 2.26. The van der Waals surface area contributed by atoms with Crippen LogP contribution >= 0.6 is 0 Å². The van der Waals surface area contributed by atoms with Crippen molar-refractivity contribution < 1.29 is 13.3 Å². The van der Waals surface area contributed by atoms with Crippen LogP contribution in [-0.2, 0) is 13.3 Å². The molecule has 5 nitrogen and oxygen atoms in total. The molecule has 0 radical (unpaired) electrons. The summed E-state index contributed by atoms with van der Waals surface area (Å²) < 4.78 is 17.9. The molecule has 18 heavy (non-hydrogen) atoms. The molecule has 0 aliphatic carbocycles. The highest BCUT2D eigenvalue weighted by molar-refractivity contribution is 6.60. The Kier molecular flexibility index (Phi) is 6.07. The first-order chi connectivity index (χ1) is 8.85. The Morgan fingerprint density at radius 2 is 1.61 bits per heavy atom. The molecule has 6 heteroatoms. The van der Waals surface area contributed by atoms with Crippen molar-refractivity contribution in [1.29, 1.82) is 0 Å². The molecule has 0 aromatic carbocycles. The lowest BCUT2D eigenvalue weighted by atomic mass is 10.4. The van der Waals surface area contributed by atoms with E-state index < -0.39 is 8.80 Å². The van der Waals surface area contributed by atoms with E-state index in [-0.39, 0.29) is 0 Å². The Labute approximate surface area is 111 Å². The van der Waals surface area contributed by atoms with Gasteiger partial charge in [0.1, 0.15) is 0 Å². The van der Waals surface area contributed by atoms with Gasteiger partial charge >= 0.3 is 8.80 Å². The van der Waals surface area contributed by atoms with Gasteiger partial charge in [0, 0.05) is 25.7 Å². The third-order valence-corrected chi connectivity index (χ3v) is 6.35. The van der Waals surface area contributed by atoms with Crippen LogP contribution < -0.4 is 5.32 Å². The molecule has 0 spiro atoms. The quantitative estimate of drug-likeness (QED) is 0.570. The van der Waals surface area contributed by atoms with Crippen molar-refractivity contribution in [2.45, 2.75) is 25.8 Å². The highest BCUT2D eigenvalue weighted by Crippen LogP contribution is 2.21. The summed E-state index contributed by atoms with van der Waals surface area (Å²) in [6, 6.07) is 0.948. The van der Waals surface area contributed by atoms with Gasteiger partial charge in [0.05, 0.1) is 19.8 Å². The van der Waals surface area contributed by atoms with Crippen LogP contribution in [0.3, 0.4) is 0 Å². The molecule has 3 saturated heterocycles. The second-order valence-corrected chi connectivity index (χ2v) is 7.66. The Balaban J connectivity index is 1.78. The van der Waals surface area contributed by atoms with Crippen LogP contribution in [0.1, 0.15) is 19.8 Å². The predicted octanol–water partition coefficient (Wildman–Crippen LogP) is 0.694. The number of hydrogen-bond donors (Lipinski definition) is 1. The van der Waals surface area contributed by atoms with E-state index in [2.05, 4.69) is 17.1 Å². The zero-order chi connectivity index (χ0) is 12.7. The molecule has 106 valence electrons. The molecule has 3 aliphatic heterocycles. The van der Waals surface area contributed by atoms with Gasteiger partial charge in [-0.1, -0.05) is 6.92 Å². The highest BCUT2D eigenvalue weighted by Gasteiger charge is 2.43. The summed E-state index contributed by atoms with van der Waals surface area (Å²) in [4.78, 5) is 2.35. The minimum Gasteiger partial charge on any atom is -0.372 e. The van der Waals surface area contributed by atoms with E-state index >= 15 is 0 Å². The molecule has 2 bridgehead atoms. The molecule has 3 fully saturated rings. The molecule has 0 atom stereocenters. The number of hydrogen-bond acceptors (Lipinski definition) is 5. The largest absolute Gasteiger partial charge is 0.501 e. The predicted molar refractivity (Wildman–Crippen MR) is 72.6 cm³/mol. The van der Waals surface area contributed by atoms with Gasteiger partial charge in [-0.3, -0.25) is 4.90 Å². The Hall–Kier alpha value is 0.0169. The van der Waals surface area contributed by atoms with Gasteiger partial charge in [0.2, 0.25) is 0 Å². The summed E-state index contributed by atoms with van der Waals surface area (Å²) in [7, 11) is -2.35. The van der Waals surface area contributed by atoms with Crippen LogP contribution in [0.4, 0.5) is 0 Å². The summed E-state index contributed by atoms with van der Waals surface area (Å²) in [5.41, 5.74) is 0. The van der Waals surface area contributed by atoms with Crippen molar-refractivity contribution in [3.8, 4) is 0 Å². The van der Waals surface area contributed by atoms with Crippen LogP contribution in [0.2, 0.25) is 6.04 Å². The number of rotatable bonds is 6. The van der Waals surface area contributed by atoms with Gasteiger partial charge in [-0.25, -0.2) is 0 Å². The smallest absolute Gasteiger partial charge is 0.372 e. The summed E-state index contributed by atoms with van der Waals surface area (Å²) >= 11 is 0. The molecule has 3 rings (SSSR count). The molecule has 0 unspecified atom stereocenters. The first-order valence-corrected chi connectivity index (χ1v) is 9.13. The molecule has 0 aromatic heterocycles. The first kappa shape index (κ1) is 14.4. The fraction of sp³-hybridized carbons (Fsp3) is 1.00. The van der Waals surface area contributed by atoms with Gasteiger partial charge in [-0.05, 0) is 25.9 Å². The normalized spacial score (nSPS) is 32.8. The van der Waals surface area contributed by atoms with Gasteiger partial charge < -0.3 is 18.6 Å². The lowest BCUT2D eigenvalue weighted by Crippen LogP contribution is -2.55. The average molecular weight is 274 g/mol. The van der Waals surface area contributed by atoms with E-state index in [0.29, 0.717) is 0 Å². The zero-order valence-corrected chi connectivity index (χ0v) is 12.5. The number of nitrogens with zero attached hydrogens (tertiary/aromatic N) is 1. The third kappa shape index (κ3) is 4.29. The molecular weight excluding hydrogens is 248 g/mol. The van der Waals surface area contributed by atoms with E-state index in [4.69, 9.17) is 13.3 Å². The number of nitrogens with one attached hydrogen (secondary N) is 1. The molecule has 0 amide bonds. The fourth-order valence-corrected chi connectivity index (χ4v) is 4.90. The maximum atomic E-state index is 5.97. The third-order valence-electron chi connectivity index (χ3n) is 3.45. The Morgan fingerprint density at radius 3 is 2.17 bits per heavy atom. The van der Waals surface area contributed by atoms with Crippen molar-refractivity contribution in [3.63, 3.8) is 0 Å². The minimum atomic E-state index is -2.35. The minimum absolute atomic E-state index is 0.759. The molecule has 3 aliphatic rings. The molecular formula is C12H26N2O3Si. The Bertz CT molecular complexity index is 217. The standard InChI is InChI=1S/C12H26N2O3Si/c1-2-4-13-5-3-12-18-15-9-6-14(7-10-16-18)8-11-17-18/h13H,2-12H2,1H3. The first-order valence-electron chi connectivity index (χ1n) is 7.19. The van der Waals surface area contributed by atoms with Gasteiger partial charge in [0.25, 0.3) is 0 Å². The lowest BCUT2D eigenvalue weighted by molar-refractivity contribution is -0.00849. The summed E-state index contributed by atoms with van der Waals surface area (Å²) in [5, 5.41) is 3.42. The lowest BCUT2D eigenvalue weighted by Gasteiger charge is -2.38. The van der Waals surface area contributed by atoms with Gasteiger partial charge in [-0.15, -0.1) is 0 Å². The van der Waals surface area contributed by atoms with Crippen LogP contribution in [0.5, 0.6) is 0 Å². The zero-order valence-electron chi connectivity index (χ0n) is 11.5.